The lowest BCUT2D eigenvalue weighted by Gasteiger charge is -2.32. The highest BCUT2D eigenvalue weighted by Crippen LogP contribution is 2.40. The van der Waals surface area contributed by atoms with Gasteiger partial charge in [-0.3, -0.25) is 4.79 Å². The summed E-state index contributed by atoms with van der Waals surface area (Å²) in [6, 6.07) is 0. The fraction of sp³-hybridized carbons (Fsp3) is 0.947. The zero-order valence-corrected chi connectivity index (χ0v) is 17.3. The molecule has 5 nitrogen and oxygen atoms in total. The van der Waals surface area contributed by atoms with Gasteiger partial charge in [-0.1, -0.05) is 6.42 Å². The minimum absolute atomic E-state index is 0.0442. The van der Waals surface area contributed by atoms with Crippen molar-refractivity contribution in [2.24, 2.45) is 5.41 Å². The Labute approximate surface area is 153 Å². The quantitative estimate of drug-likeness (QED) is 0.768. The number of hydrogen-bond acceptors (Lipinski definition) is 4. The first-order valence-electron chi connectivity index (χ1n) is 9.57. The van der Waals surface area contributed by atoms with E-state index in [-0.39, 0.29) is 35.9 Å². The molecule has 0 radical (unpaired) electrons. The lowest BCUT2D eigenvalue weighted by Crippen LogP contribution is -2.51. The number of nitrogens with one attached hydrogen (secondary N) is 1. The monoisotopic (exact) mass is 353 g/mol. The SMILES string of the molecule is CC(C)(C)NC(=O)[C@]1(C)CCO[C@@H]1CCCB1OC(C)(C)C(C)(C)O1. The van der Waals surface area contributed by atoms with E-state index in [1.807, 2.05) is 27.7 Å². The van der Waals surface area contributed by atoms with Crippen LogP contribution in [0, 0.1) is 5.41 Å². The third-order valence-electron chi connectivity index (χ3n) is 5.87. The van der Waals surface area contributed by atoms with Crippen LogP contribution in [0.25, 0.3) is 0 Å². The van der Waals surface area contributed by atoms with Crippen molar-refractivity contribution in [3.8, 4) is 0 Å². The van der Waals surface area contributed by atoms with E-state index in [1.54, 1.807) is 0 Å². The van der Waals surface area contributed by atoms with Crippen molar-refractivity contribution in [2.75, 3.05) is 6.61 Å². The molecule has 1 amide bonds. The second kappa shape index (κ2) is 6.86. The minimum atomic E-state index is -0.455. The van der Waals surface area contributed by atoms with E-state index in [1.165, 1.54) is 0 Å². The molecule has 2 atom stereocenters. The van der Waals surface area contributed by atoms with Gasteiger partial charge in [-0.25, -0.2) is 0 Å². The van der Waals surface area contributed by atoms with Crippen molar-refractivity contribution in [3.63, 3.8) is 0 Å². The Morgan fingerprint density at radius 2 is 1.68 bits per heavy atom. The van der Waals surface area contributed by atoms with Crippen LogP contribution < -0.4 is 5.32 Å². The summed E-state index contributed by atoms with van der Waals surface area (Å²) in [5, 5.41) is 3.12. The summed E-state index contributed by atoms with van der Waals surface area (Å²) in [5.74, 6) is 0.0955. The second-order valence-corrected chi connectivity index (χ2v) is 9.85. The Hall–Kier alpha value is -0.585. The minimum Gasteiger partial charge on any atom is -0.403 e. The van der Waals surface area contributed by atoms with Crippen molar-refractivity contribution in [3.05, 3.63) is 0 Å². The topological polar surface area (TPSA) is 56.8 Å². The number of hydrogen-bond donors (Lipinski definition) is 1. The Balaban J connectivity index is 1.87. The van der Waals surface area contributed by atoms with Crippen LogP contribution in [0.1, 0.15) is 74.7 Å². The van der Waals surface area contributed by atoms with Crippen molar-refractivity contribution >= 4 is 13.0 Å². The lowest BCUT2D eigenvalue weighted by molar-refractivity contribution is -0.134. The van der Waals surface area contributed by atoms with Gasteiger partial charge in [0.05, 0.1) is 22.7 Å². The molecule has 2 saturated heterocycles. The van der Waals surface area contributed by atoms with Gasteiger partial charge in [-0.05, 0) is 74.6 Å². The van der Waals surface area contributed by atoms with E-state index in [2.05, 4.69) is 33.0 Å². The van der Waals surface area contributed by atoms with Gasteiger partial charge in [0.2, 0.25) is 5.91 Å². The van der Waals surface area contributed by atoms with Crippen LogP contribution in [0.15, 0.2) is 0 Å². The first kappa shape index (κ1) is 20.7. The standard InChI is InChI=1S/C19H36BNO4/c1-16(2,3)21-15(22)19(8)11-13-23-14(19)10-9-12-20-24-17(4,5)18(6,7)25-20/h14H,9-13H2,1-8H3,(H,21,22)/t14-,19-/m1/s1. The van der Waals surface area contributed by atoms with Crippen LogP contribution in [-0.2, 0) is 18.8 Å². The second-order valence-electron chi connectivity index (χ2n) is 9.85. The molecule has 0 aromatic carbocycles. The summed E-state index contributed by atoms with van der Waals surface area (Å²) >= 11 is 0. The summed E-state index contributed by atoms with van der Waals surface area (Å²) in [6.07, 6.45) is 3.31. The van der Waals surface area contributed by atoms with E-state index in [0.29, 0.717) is 6.61 Å². The molecule has 25 heavy (non-hydrogen) atoms. The molecule has 1 N–H and O–H groups in total. The van der Waals surface area contributed by atoms with Crippen LogP contribution in [0.3, 0.4) is 0 Å². The smallest absolute Gasteiger partial charge is 0.403 e. The number of rotatable bonds is 5. The van der Waals surface area contributed by atoms with E-state index < -0.39 is 5.41 Å². The van der Waals surface area contributed by atoms with E-state index in [0.717, 1.165) is 25.6 Å². The molecule has 2 aliphatic heterocycles. The largest absolute Gasteiger partial charge is 0.457 e. The lowest BCUT2D eigenvalue weighted by atomic mass is 9.76. The molecule has 2 rings (SSSR count). The summed E-state index contributed by atoms with van der Waals surface area (Å²) in [6.45, 7) is 17.0. The summed E-state index contributed by atoms with van der Waals surface area (Å²) in [7, 11) is -0.180. The fourth-order valence-corrected chi connectivity index (χ4v) is 3.46. The number of ether oxygens (including phenoxy) is 1. The molecular formula is C19H36BNO4. The van der Waals surface area contributed by atoms with E-state index in [9.17, 15) is 4.79 Å². The zero-order chi connectivity index (χ0) is 19.1. The van der Waals surface area contributed by atoms with Gasteiger partial charge in [0.15, 0.2) is 0 Å². The Bertz CT molecular complexity index is 484. The van der Waals surface area contributed by atoms with Crippen molar-refractivity contribution < 1.29 is 18.8 Å². The molecule has 0 bridgehead atoms. The third-order valence-corrected chi connectivity index (χ3v) is 5.87. The van der Waals surface area contributed by atoms with Crippen molar-refractivity contribution in [1.29, 1.82) is 0 Å². The number of carbonyl (C=O) groups is 1. The molecule has 0 unspecified atom stereocenters. The molecule has 0 spiro atoms. The summed E-state index contributed by atoms with van der Waals surface area (Å²) in [4.78, 5) is 12.7. The Kier molecular flexibility index (Phi) is 5.69. The Morgan fingerprint density at radius 1 is 1.12 bits per heavy atom. The third kappa shape index (κ3) is 4.58. The molecule has 144 valence electrons. The zero-order valence-electron chi connectivity index (χ0n) is 17.3. The highest BCUT2D eigenvalue weighted by molar-refractivity contribution is 6.45. The average Bonchev–Trinajstić information content (AvgIpc) is 2.87. The van der Waals surface area contributed by atoms with Crippen molar-refractivity contribution in [1.82, 2.24) is 5.32 Å². The maximum Gasteiger partial charge on any atom is 0.457 e. The van der Waals surface area contributed by atoms with E-state index >= 15 is 0 Å². The summed E-state index contributed by atoms with van der Waals surface area (Å²) in [5.41, 5.74) is -1.26. The predicted octanol–water partition coefficient (Wildman–Crippen LogP) is 3.57. The van der Waals surface area contributed by atoms with Gasteiger partial charge >= 0.3 is 7.12 Å². The van der Waals surface area contributed by atoms with Gasteiger partial charge in [0, 0.05) is 12.1 Å². The summed E-state index contributed by atoms with van der Waals surface area (Å²) < 4.78 is 18.0. The molecule has 6 heteroatoms. The normalized spacial score (nSPS) is 31.4. The van der Waals surface area contributed by atoms with Crippen molar-refractivity contribution in [2.45, 2.75) is 104 Å². The van der Waals surface area contributed by atoms with Gasteiger partial charge < -0.3 is 19.4 Å². The first-order chi connectivity index (χ1) is 11.3. The first-order valence-corrected chi connectivity index (χ1v) is 9.57. The van der Waals surface area contributed by atoms with Gasteiger partial charge in [-0.15, -0.1) is 0 Å². The molecule has 0 aromatic heterocycles. The van der Waals surface area contributed by atoms with Gasteiger partial charge in [0.25, 0.3) is 0 Å². The van der Waals surface area contributed by atoms with Crippen LogP contribution in [0.5, 0.6) is 0 Å². The maximum atomic E-state index is 12.7. The highest BCUT2D eigenvalue weighted by Gasteiger charge is 2.51. The van der Waals surface area contributed by atoms with E-state index in [4.69, 9.17) is 14.0 Å². The fourth-order valence-electron chi connectivity index (χ4n) is 3.46. The molecule has 0 aromatic rings. The number of carbonyl (C=O) groups excluding carboxylic acids is 1. The van der Waals surface area contributed by atoms with Crippen LogP contribution in [0.4, 0.5) is 0 Å². The Morgan fingerprint density at radius 3 is 2.20 bits per heavy atom. The molecule has 2 heterocycles. The molecular weight excluding hydrogens is 317 g/mol. The molecule has 0 aliphatic carbocycles. The molecule has 2 fully saturated rings. The predicted molar refractivity (Wildman–Crippen MR) is 100 cm³/mol. The average molecular weight is 353 g/mol. The number of amides is 1. The molecule has 2 aliphatic rings. The molecule has 0 saturated carbocycles. The van der Waals surface area contributed by atoms with Crippen LogP contribution in [0.2, 0.25) is 6.32 Å². The maximum absolute atomic E-state index is 12.7. The highest BCUT2D eigenvalue weighted by atomic mass is 16.7. The van der Waals surface area contributed by atoms with Crippen LogP contribution in [-0.4, -0.2) is 42.5 Å². The van der Waals surface area contributed by atoms with Gasteiger partial charge in [0.1, 0.15) is 0 Å². The van der Waals surface area contributed by atoms with Crippen LogP contribution >= 0.6 is 0 Å². The van der Waals surface area contributed by atoms with Gasteiger partial charge in [-0.2, -0.15) is 0 Å².